The van der Waals surface area contributed by atoms with E-state index in [0.717, 1.165) is 0 Å². The maximum Gasteiger partial charge on any atom is 0.184 e. The van der Waals surface area contributed by atoms with Crippen molar-refractivity contribution >= 4 is 11.6 Å². The van der Waals surface area contributed by atoms with Gasteiger partial charge in [0.25, 0.3) is 0 Å². The monoisotopic (exact) mass is 334 g/mol. The molecule has 1 aliphatic rings. The minimum Gasteiger partial charge on any atom is -0.497 e. The molecular weight excluding hydrogens is 316 g/mol. The number of benzene rings is 2. The Morgan fingerprint density at radius 2 is 1.04 bits per heavy atom. The molecule has 25 heavy (non-hydrogen) atoms. The summed E-state index contributed by atoms with van der Waals surface area (Å²) < 4.78 is 10.2. The van der Waals surface area contributed by atoms with Crippen molar-refractivity contribution in [3.63, 3.8) is 0 Å². The van der Waals surface area contributed by atoms with E-state index >= 15 is 0 Å². The fraction of sp³-hybridized carbons (Fsp3) is 0.143. The first kappa shape index (κ1) is 16.7. The van der Waals surface area contributed by atoms with E-state index in [-0.39, 0.29) is 11.6 Å². The van der Waals surface area contributed by atoms with Crippen LogP contribution in [0.25, 0.3) is 0 Å². The highest BCUT2D eigenvalue weighted by Crippen LogP contribution is 2.35. The van der Waals surface area contributed by atoms with Crippen molar-refractivity contribution in [1.29, 1.82) is 0 Å². The summed E-state index contributed by atoms with van der Waals surface area (Å²) in [6, 6.07) is 13.5. The minimum absolute atomic E-state index is 0.263. The molecule has 0 heterocycles. The summed E-state index contributed by atoms with van der Waals surface area (Å²) >= 11 is 0. The predicted molar refractivity (Wildman–Crippen MR) is 95.4 cm³/mol. The van der Waals surface area contributed by atoms with Gasteiger partial charge in [-0.25, -0.2) is 0 Å². The summed E-state index contributed by atoms with van der Waals surface area (Å²) in [5.41, 5.74) is -0.402. The largest absolute Gasteiger partial charge is 0.497 e. The number of carbonyl (C=O) groups is 2. The Hall–Kier alpha value is -3.14. The van der Waals surface area contributed by atoms with Crippen LogP contribution in [0, 0.1) is 5.41 Å². The van der Waals surface area contributed by atoms with E-state index < -0.39 is 5.41 Å². The average molecular weight is 334 g/mol. The van der Waals surface area contributed by atoms with Gasteiger partial charge in [0.2, 0.25) is 0 Å². The zero-order valence-corrected chi connectivity index (χ0v) is 14.1. The first-order valence-corrected chi connectivity index (χ1v) is 7.85. The maximum absolute atomic E-state index is 13.1. The molecule has 0 aromatic heterocycles. The fourth-order valence-corrected chi connectivity index (χ4v) is 2.84. The molecule has 3 rings (SSSR count). The lowest BCUT2D eigenvalue weighted by molar-refractivity contribution is 0.0778. The summed E-state index contributed by atoms with van der Waals surface area (Å²) in [5.74, 6) is 0.788. The normalized spacial score (nSPS) is 14.3. The van der Waals surface area contributed by atoms with Crippen molar-refractivity contribution in [2.24, 2.45) is 5.41 Å². The number of methoxy groups -OCH3 is 2. The molecule has 2 aromatic carbocycles. The number of hydrogen-bond acceptors (Lipinski definition) is 4. The summed E-state index contributed by atoms with van der Waals surface area (Å²) in [6.45, 7) is 0. The fourth-order valence-electron chi connectivity index (χ4n) is 2.84. The topological polar surface area (TPSA) is 52.6 Å². The summed E-state index contributed by atoms with van der Waals surface area (Å²) in [7, 11) is 3.13. The van der Waals surface area contributed by atoms with Crippen LogP contribution >= 0.6 is 0 Å². The lowest BCUT2D eigenvalue weighted by Gasteiger charge is -2.23. The minimum atomic E-state index is -1.32. The molecule has 4 nitrogen and oxygen atoms in total. The molecule has 126 valence electrons. The number of allylic oxidation sites excluding steroid dienone is 4. The van der Waals surface area contributed by atoms with Gasteiger partial charge in [-0.3, -0.25) is 9.59 Å². The van der Waals surface area contributed by atoms with E-state index in [1.807, 2.05) is 0 Å². The van der Waals surface area contributed by atoms with Crippen molar-refractivity contribution in [3.05, 3.63) is 84.0 Å². The highest BCUT2D eigenvalue weighted by Gasteiger charge is 2.43. The Morgan fingerprint density at radius 3 is 1.36 bits per heavy atom. The second-order valence-electron chi connectivity index (χ2n) is 5.70. The molecule has 1 aliphatic carbocycles. The second kappa shape index (κ2) is 6.77. The molecular formula is C21H18O4. The highest BCUT2D eigenvalue weighted by atomic mass is 16.5. The van der Waals surface area contributed by atoms with Crippen LogP contribution in [0.1, 0.15) is 20.7 Å². The van der Waals surface area contributed by atoms with Crippen LogP contribution in [-0.4, -0.2) is 25.8 Å². The van der Waals surface area contributed by atoms with Crippen molar-refractivity contribution < 1.29 is 19.1 Å². The molecule has 0 unspecified atom stereocenters. The van der Waals surface area contributed by atoms with E-state index in [2.05, 4.69) is 0 Å². The maximum atomic E-state index is 13.1. The molecule has 0 saturated heterocycles. The van der Waals surface area contributed by atoms with Crippen LogP contribution in [0.5, 0.6) is 11.5 Å². The molecule has 0 radical (unpaired) electrons. The standard InChI is InChI=1S/C21H18O4/c1-24-17-9-5-15(6-10-17)19(22)21(13-3-4-14-21)20(23)16-7-11-18(25-2)12-8-16/h3-14H,1-2H3. The van der Waals surface area contributed by atoms with E-state index in [9.17, 15) is 9.59 Å². The lowest BCUT2D eigenvalue weighted by atomic mass is 9.75. The number of hydrogen-bond donors (Lipinski definition) is 0. The van der Waals surface area contributed by atoms with Gasteiger partial charge in [0.1, 0.15) is 16.9 Å². The lowest BCUT2D eigenvalue weighted by Crippen LogP contribution is -2.35. The molecule has 2 aromatic rings. The number of ketones is 2. The Kier molecular flexibility index (Phi) is 4.52. The van der Waals surface area contributed by atoms with Crippen molar-refractivity contribution in [2.45, 2.75) is 0 Å². The third kappa shape index (κ3) is 2.98. The van der Waals surface area contributed by atoms with Crippen LogP contribution in [-0.2, 0) is 0 Å². The smallest absolute Gasteiger partial charge is 0.184 e. The first-order chi connectivity index (χ1) is 12.1. The van der Waals surface area contributed by atoms with E-state index in [4.69, 9.17) is 9.47 Å². The molecule has 0 amide bonds. The molecule has 0 bridgehead atoms. The van der Waals surface area contributed by atoms with Crippen molar-refractivity contribution in [1.82, 2.24) is 0 Å². The Morgan fingerprint density at radius 1 is 0.680 bits per heavy atom. The average Bonchev–Trinajstić information content (AvgIpc) is 3.18. The zero-order valence-electron chi connectivity index (χ0n) is 14.1. The number of ether oxygens (including phenoxy) is 2. The van der Waals surface area contributed by atoms with Crippen molar-refractivity contribution in [3.8, 4) is 11.5 Å². The van der Waals surface area contributed by atoms with E-state index in [1.54, 1.807) is 87.1 Å². The molecule has 0 aliphatic heterocycles. The first-order valence-electron chi connectivity index (χ1n) is 7.85. The summed E-state index contributed by atoms with van der Waals surface area (Å²) in [5, 5.41) is 0. The van der Waals surface area contributed by atoms with Crippen molar-refractivity contribution in [2.75, 3.05) is 14.2 Å². The second-order valence-corrected chi connectivity index (χ2v) is 5.70. The Labute approximate surface area is 146 Å². The van der Waals surface area contributed by atoms with Gasteiger partial charge in [-0.15, -0.1) is 0 Å². The molecule has 0 atom stereocenters. The van der Waals surface area contributed by atoms with Gasteiger partial charge in [0, 0.05) is 11.1 Å². The van der Waals surface area contributed by atoms with Gasteiger partial charge in [0.15, 0.2) is 11.6 Å². The van der Waals surface area contributed by atoms with Crippen LogP contribution in [0.3, 0.4) is 0 Å². The SMILES string of the molecule is COc1ccc(C(=O)C2(C(=O)c3ccc(OC)cc3)C=CC=C2)cc1. The zero-order chi connectivity index (χ0) is 17.9. The van der Waals surface area contributed by atoms with Gasteiger partial charge in [-0.2, -0.15) is 0 Å². The van der Waals surface area contributed by atoms with E-state index in [1.165, 1.54) is 0 Å². The molecule has 4 heteroatoms. The van der Waals surface area contributed by atoms with Gasteiger partial charge in [-0.1, -0.05) is 24.3 Å². The number of Topliss-reactive ketones (excluding diaryl/α,β-unsaturated/α-hetero) is 2. The number of rotatable bonds is 6. The summed E-state index contributed by atoms with van der Waals surface area (Å²) in [6.07, 6.45) is 6.74. The third-order valence-electron chi connectivity index (χ3n) is 4.29. The van der Waals surface area contributed by atoms with Crippen LogP contribution in [0.4, 0.5) is 0 Å². The van der Waals surface area contributed by atoms with Gasteiger partial charge in [-0.05, 0) is 48.5 Å². The number of carbonyl (C=O) groups excluding carboxylic acids is 2. The van der Waals surface area contributed by atoms with Crippen LogP contribution < -0.4 is 9.47 Å². The van der Waals surface area contributed by atoms with Crippen LogP contribution in [0.2, 0.25) is 0 Å². The summed E-state index contributed by atoms with van der Waals surface area (Å²) in [4.78, 5) is 26.2. The Balaban J connectivity index is 1.97. The molecule has 0 saturated carbocycles. The highest BCUT2D eigenvalue weighted by molar-refractivity contribution is 6.23. The van der Waals surface area contributed by atoms with Gasteiger partial charge >= 0.3 is 0 Å². The van der Waals surface area contributed by atoms with Crippen LogP contribution in [0.15, 0.2) is 72.8 Å². The molecule has 0 spiro atoms. The third-order valence-corrected chi connectivity index (χ3v) is 4.29. The molecule has 0 fully saturated rings. The Bertz CT molecular complexity index is 769. The van der Waals surface area contributed by atoms with Gasteiger partial charge in [0.05, 0.1) is 14.2 Å². The van der Waals surface area contributed by atoms with Gasteiger partial charge < -0.3 is 9.47 Å². The quantitative estimate of drug-likeness (QED) is 0.594. The molecule has 0 N–H and O–H groups in total. The van der Waals surface area contributed by atoms with E-state index in [0.29, 0.717) is 22.6 Å². The predicted octanol–water partition coefficient (Wildman–Crippen LogP) is 3.88.